The Balaban J connectivity index is 3.46. The second kappa shape index (κ2) is 5.48. The summed E-state index contributed by atoms with van der Waals surface area (Å²) in [5, 5.41) is 12.6. The summed E-state index contributed by atoms with van der Waals surface area (Å²) in [4.78, 5) is 22.5. The molecule has 0 unspecified atom stereocenters. The van der Waals surface area contributed by atoms with E-state index in [1.165, 1.54) is 13.8 Å². The highest BCUT2D eigenvalue weighted by Gasteiger charge is 2.17. The Morgan fingerprint density at radius 2 is 2.00 bits per heavy atom. The number of phenolic OH excluding ortho intramolecular Hbond substituents is 1. The Morgan fingerprint density at radius 3 is 2.41 bits per heavy atom. The minimum Gasteiger partial charge on any atom is -0.506 e. The predicted octanol–water partition coefficient (Wildman–Crippen LogP) is 2.72. The Kier molecular flexibility index (Phi) is 4.50. The van der Waals surface area contributed by atoms with Crippen LogP contribution >= 0.6 is 22.6 Å². The van der Waals surface area contributed by atoms with Crippen molar-refractivity contribution in [2.24, 2.45) is 0 Å². The zero-order valence-corrected chi connectivity index (χ0v) is 12.1. The molecule has 0 heterocycles. The van der Waals surface area contributed by atoms with Gasteiger partial charge in [-0.1, -0.05) is 6.92 Å². The van der Waals surface area contributed by atoms with Crippen LogP contribution in [0.25, 0.3) is 0 Å². The second-order valence-corrected chi connectivity index (χ2v) is 4.79. The van der Waals surface area contributed by atoms with Gasteiger partial charge >= 0.3 is 0 Å². The molecule has 1 aromatic rings. The maximum atomic E-state index is 11.4. The molecular formula is C12H14INO3. The third kappa shape index (κ3) is 2.96. The third-order valence-corrected chi connectivity index (χ3v) is 3.43. The number of amides is 1. The number of ketones is 1. The van der Waals surface area contributed by atoms with E-state index in [-0.39, 0.29) is 17.4 Å². The van der Waals surface area contributed by atoms with E-state index in [9.17, 15) is 14.7 Å². The monoisotopic (exact) mass is 347 g/mol. The summed E-state index contributed by atoms with van der Waals surface area (Å²) in [7, 11) is 0. The molecule has 1 amide bonds. The van der Waals surface area contributed by atoms with Crippen LogP contribution in [0.4, 0.5) is 5.69 Å². The first-order valence-electron chi connectivity index (χ1n) is 5.21. The lowest BCUT2D eigenvalue weighted by Gasteiger charge is -2.14. The first kappa shape index (κ1) is 14.0. The van der Waals surface area contributed by atoms with Gasteiger partial charge in [0.05, 0.1) is 14.8 Å². The average molecular weight is 347 g/mol. The molecule has 4 nitrogen and oxygen atoms in total. The molecule has 2 N–H and O–H groups in total. The van der Waals surface area contributed by atoms with Crippen molar-refractivity contribution in [1.82, 2.24) is 0 Å². The van der Waals surface area contributed by atoms with E-state index in [2.05, 4.69) is 5.32 Å². The standard InChI is InChI=1S/C12H14INO3/c1-4-8-5-9(6(2)15)12(17)10(13)11(8)14-7(3)16/h5,17H,4H2,1-3H3,(H,14,16). The molecule has 0 saturated heterocycles. The van der Waals surface area contributed by atoms with Crippen LogP contribution < -0.4 is 5.32 Å². The Labute approximate surface area is 114 Å². The molecule has 5 heteroatoms. The SMILES string of the molecule is CCc1cc(C(C)=O)c(O)c(I)c1NC(C)=O. The fraction of sp³-hybridized carbons (Fsp3) is 0.333. The normalized spacial score (nSPS) is 10.1. The van der Waals surface area contributed by atoms with Crippen molar-refractivity contribution < 1.29 is 14.7 Å². The summed E-state index contributed by atoms with van der Waals surface area (Å²) in [5.41, 5.74) is 1.72. The number of Topliss-reactive ketones (excluding diaryl/α,β-unsaturated/α-hetero) is 1. The number of hydrogen-bond donors (Lipinski definition) is 2. The number of hydrogen-bond acceptors (Lipinski definition) is 3. The first-order chi connectivity index (χ1) is 7.88. The molecule has 92 valence electrons. The van der Waals surface area contributed by atoms with E-state index in [0.29, 0.717) is 21.2 Å². The molecule has 17 heavy (non-hydrogen) atoms. The second-order valence-electron chi connectivity index (χ2n) is 3.71. The van der Waals surface area contributed by atoms with Crippen molar-refractivity contribution >= 4 is 40.0 Å². The topological polar surface area (TPSA) is 66.4 Å². The Hall–Kier alpha value is -1.11. The fourth-order valence-electron chi connectivity index (χ4n) is 1.55. The van der Waals surface area contributed by atoms with Crippen molar-refractivity contribution in [1.29, 1.82) is 0 Å². The van der Waals surface area contributed by atoms with Gasteiger partial charge in [0.15, 0.2) is 5.78 Å². The maximum Gasteiger partial charge on any atom is 0.221 e. The lowest BCUT2D eigenvalue weighted by atomic mass is 10.0. The van der Waals surface area contributed by atoms with Crippen LogP contribution in [0.5, 0.6) is 5.75 Å². The van der Waals surface area contributed by atoms with Crippen molar-refractivity contribution in [3.63, 3.8) is 0 Å². The summed E-state index contributed by atoms with van der Waals surface area (Å²) in [6, 6.07) is 1.63. The van der Waals surface area contributed by atoms with Gasteiger partial charge in [-0.05, 0) is 47.6 Å². The smallest absolute Gasteiger partial charge is 0.221 e. The number of rotatable bonds is 3. The van der Waals surface area contributed by atoms with Gasteiger partial charge in [0.2, 0.25) is 5.91 Å². The molecule has 0 bridgehead atoms. The molecule has 1 rings (SSSR count). The fourth-order valence-corrected chi connectivity index (χ4v) is 2.32. The number of carbonyl (C=O) groups is 2. The molecule has 0 atom stereocenters. The third-order valence-electron chi connectivity index (χ3n) is 2.38. The van der Waals surface area contributed by atoms with Gasteiger partial charge in [-0.2, -0.15) is 0 Å². The van der Waals surface area contributed by atoms with Crippen LogP contribution in [0.15, 0.2) is 6.07 Å². The maximum absolute atomic E-state index is 11.4. The van der Waals surface area contributed by atoms with Gasteiger partial charge in [0.25, 0.3) is 0 Å². The minimum atomic E-state index is -0.201. The molecule has 0 aromatic heterocycles. The molecule has 1 aromatic carbocycles. The average Bonchev–Trinajstić information content (AvgIpc) is 2.24. The van der Waals surface area contributed by atoms with Crippen molar-refractivity contribution in [3.8, 4) is 5.75 Å². The number of carbonyl (C=O) groups excluding carboxylic acids is 2. The van der Waals surface area contributed by atoms with Gasteiger partial charge in [0, 0.05) is 6.92 Å². The summed E-state index contributed by atoms with van der Waals surface area (Å²) in [6.07, 6.45) is 0.673. The Morgan fingerprint density at radius 1 is 1.41 bits per heavy atom. The van der Waals surface area contributed by atoms with E-state index in [0.717, 1.165) is 5.56 Å². The zero-order valence-electron chi connectivity index (χ0n) is 9.93. The molecule has 0 aliphatic carbocycles. The highest BCUT2D eigenvalue weighted by Crippen LogP contribution is 2.35. The summed E-state index contributed by atoms with van der Waals surface area (Å²) >= 11 is 1.93. The van der Waals surface area contributed by atoms with Gasteiger partial charge in [-0.25, -0.2) is 0 Å². The molecule has 0 saturated carbocycles. The highest BCUT2D eigenvalue weighted by atomic mass is 127. The van der Waals surface area contributed by atoms with E-state index in [1.807, 2.05) is 29.5 Å². The van der Waals surface area contributed by atoms with E-state index >= 15 is 0 Å². The Bertz CT molecular complexity index is 483. The number of aryl methyl sites for hydroxylation is 1. The largest absolute Gasteiger partial charge is 0.506 e. The number of phenols is 1. The molecule has 0 aliphatic rings. The van der Waals surface area contributed by atoms with Gasteiger partial charge in [0.1, 0.15) is 5.75 Å². The molecule has 0 aliphatic heterocycles. The minimum absolute atomic E-state index is 0.0703. The van der Waals surface area contributed by atoms with Crippen LogP contribution in [0, 0.1) is 3.57 Å². The number of halogens is 1. The van der Waals surface area contributed by atoms with E-state index < -0.39 is 0 Å². The zero-order chi connectivity index (χ0) is 13.2. The number of anilines is 1. The molecule has 0 radical (unpaired) electrons. The number of nitrogens with one attached hydrogen (secondary N) is 1. The molecule has 0 spiro atoms. The van der Waals surface area contributed by atoms with Gasteiger partial charge in [-0.3, -0.25) is 9.59 Å². The van der Waals surface area contributed by atoms with Crippen LogP contribution in [0.1, 0.15) is 36.7 Å². The van der Waals surface area contributed by atoms with E-state index in [1.54, 1.807) is 6.07 Å². The quantitative estimate of drug-likeness (QED) is 0.653. The summed E-state index contributed by atoms with van der Waals surface area (Å²) < 4.78 is 0.502. The summed E-state index contributed by atoms with van der Waals surface area (Å²) in [6.45, 7) is 4.74. The van der Waals surface area contributed by atoms with Crippen LogP contribution in [0.3, 0.4) is 0 Å². The van der Waals surface area contributed by atoms with Gasteiger partial charge < -0.3 is 10.4 Å². The summed E-state index contributed by atoms with van der Waals surface area (Å²) in [5.74, 6) is -0.462. The van der Waals surface area contributed by atoms with Crippen molar-refractivity contribution in [3.05, 3.63) is 20.8 Å². The first-order valence-corrected chi connectivity index (χ1v) is 6.29. The lowest BCUT2D eigenvalue weighted by molar-refractivity contribution is -0.114. The van der Waals surface area contributed by atoms with Crippen LogP contribution in [0.2, 0.25) is 0 Å². The molecular weight excluding hydrogens is 333 g/mol. The van der Waals surface area contributed by atoms with Gasteiger partial charge in [-0.15, -0.1) is 0 Å². The lowest BCUT2D eigenvalue weighted by Crippen LogP contribution is -2.11. The van der Waals surface area contributed by atoms with Crippen LogP contribution in [-0.4, -0.2) is 16.8 Å². The van der Waals surface area contributed by atoms with Crippen molar-refractivity contribution in [2.45, 2.75) is 27.2 Å². The highest BCUT2D eigenvalue weighted by molar-refractivity contribution is 14.1. The predicted molar refractivity (Wildman–Crippen MR) is 74.5 cm³/mol. The molecule has 0 fully saturated rings. The van der Waals surface area contributed by atoms with Crippen LogP contribution in [-0.2, 0) is 11.2 Å². The van der Waals surface area contributed by atoms with Crippen molar-refractivity contribution in [2.75, 3.05) is 5.32 Å². The number of aromatic hydroxyl groups is 1. The van der Waals surface area contributed by atoms with E-state index in [4.69, 9.17) is 0 Å². The number of benzene rings is 1.